The van der Waals surface area contributed by atoms with Gasteiger partial charge in [0.1, 0.15) is 5.82 Å². The van der Waals surface area contributed by atoms with Gasteiger partial charge in [0.15, 0.2) is 0 Å². The van der Waals surface area contributed by atoms with Gasteiger partial charge in [-0.3, -0.25) is 0 Å². The highest BCUT2D eigenvalue weighted by Crippen LogP contribution is 2.31. The molecule has 1 saturated carbocycles. The lowest BCUT2D eigenvalue weighted by atomic mass is 10.1. The third-order valence-electron chi connectivity index (χ3n) is 3.15. The summed E-state index contributed by atoms with van der Waals surface area (Å²) in [6.45, 7) is 1.48. The first-order valence-corrected chi connectivity index (χ1v) is 5.84. The SMILES string of the molecule is CN(Cc1ccccc1F)CC(N)C1CC1. The van der Waals surface area contributed by atoms with E-state index in [1.165, 1.54) is 18.9 Å². The Morgan fingerprint density at radius 2 is 2.12 bits per heavy atom. The van der Waals surface area contributed by atoms with Crippen molar-refractivity contribution >= 4 is 0 Å². The van der Waals surface area contributed by atoms with E-state index >= 15 is 0 Å². The Morgan fingerprint density at radius 1 is 1.44 bits per heavy atom. The first-order valence-electron chi connectivity index (χ1n) is 5.84. The number of nitrogens with two attached hydrogens (primary N) is 1. The third-order valence-corrected chi connectivity index (χ3v) is 3.15. The second kappa shape index (κ2) is 4.93. The van der Waals surface area contributed by atoms with Crippen LogP contribution in [0, 0.1) is 11.7 Å². The summed E-state index contributed by atoms with van der Waals surface area (Å²) < 4.78 is 13.4. The van der Waals surface area contributed by atoms with Crippen molar-refractivity contribution < 1.29 is 4.39 Å². The molecule has 0 radical (unpaired) electrons. The number of benzene rings is 1. The molecule has 1 atom stereocenters. The minimum atomic E-state index is -0.130. The van der Waals surface area contributed by atoms with Gasteiger partial charge in [0.25, 0.3) is 0 Å². The molecule has 1 aliphatic rings. The van der Waals surface area contributed by atoms with Gasteiger partial charge in [0.05, 0.1) is 0 Å². The van der Waals surface area contributed by atoms with E-state index in [2.05, 4.69) is 4.90 Å². The Labute approximate surface area is 96.2 Å². The molecule has 0 bridgehead atoms. The quantitative estimate of drug-likeness (QED) is 0.825. The lowest BCUT2D eigenvalue weighted by molar-refractivity contribution is 0.288. The van der Waals surface area contributed by atoms with Crippen LogP contribution in [-0.4, -0.2) is 24.5 Å². The van der Waals surface area contributed by atoms with Crippen molar-refractivity contribution in [1.82, 2.24) is 4.90 Å². The molecule has 0 heterocycles. The van der Waals surface area contributed by atoms with Crippen molar-refractivity contribution in [3.8, 4) is 0 Å². The zero-order valence-electron chi connectivity index (χ0n) is 9.70. The minimum absolute atomic E-state index is 0.130. The Kier molecular flexibility index (Phi) is 3.56. The van der Waals surface area contributed by atoms with Crippen molar-refractivity contribution in [2.45, 2.75) is 25.4 Å². The van der Waals surface area contributed by atoms with Crippen LogP contribution in [0.2, 0.25) is 0 Å². The molecule has 1 fully saturated rings. The van der Waals surface area contributed by atoms with Crippen LogP contribution in [-0.2, 0) is 6.54 Å². The molecule has 0 aromatic heterocycles. The van der Waals surface area contributed by atoms with Gasteiger partial charge in [0.2, 0.25) is 0 Å². The van der Waals surface area contributed by atoms with Gasteiger partial charge in [-0.25, -0.2) is 4.39 Å². The molecule has 2 rings (SSSR count). The first-order chi connectivity index (χ1) is 7.66. The normalized spacial score (nSPS) is 17.8. The molecule has 3 heteroatoms. The average Bonchev–Trinajstić information content (AvgIpc) is 3.04. The summed E-state index contributed by atoms with van der Waals surface area (Å²) in [5.41, 5.74) is 6.78. The number of rotatable bonds is 5. The fourth-order valence-corrected chi connectivity index (χ4v) is 2.02. The fourth-order valence-electron chi connectivity index (χ4n) is 2.02. The van der Waals surface area contributed by atoms with Crippen LogP contribution in [0.5, 0.6) is 0 Å². The molecule has 88 valence electrons. The van der Waals surface area contributed by atoms with E-state index in [4.69, 9.17) is 5.73 Å². The van der Waals surface area contributed by atoms with Crippen LogP contribution in [0.25, 0.3) is 0 Å². The van der Waals surface area contributed by atoms with Crippen molar-refractivity contribution in [1.29, 1.82) is 0 Å². The maximum atomic E-state index is 13.4. The molecular weight excluding hydrogens is 203 g/mol. The van der Waals surface area contributed by atoms with Gasteiger partial charge < -0.3 is 10.6 Å². The Hall–Kier alpha value is -0.930. The van der Waals surface area contributed by atoms with E-state index < -0.39 is 0 Å². The maximum absolute atomic E-state index is 13.4. The number of halogens is 1. The van der Waals surface area contributed by atoms with Crippen molar-refractivity contribution in [3.05, 3.63) is 35.6 Å². The van der Waals surface area contributed by atoms with E-state index in [1.54, 1.807) is 6.07 Å². The van der Waals surface area contributed by atoms with Gasteiger partial charge in [-0.05, 0) is 31.9 Å². The Bertz CT molecular complexity index is 350. The lowest BCUT2D eigenvalue weighted by Crippen LogP contribution is -2.36. The van der Waals surface area contributed by atoms with Gasteiger partial charge >= 0.3 is 0 Å². The van der Waals surface area contributed by atoms with Crippen LogP contribution in [0.15, 0.2) is 24.3 Å². The topological polar surface area (TPSA) is 29.3 Å². The van der Waals surface area contributed by atoms with Crippen LogP contribution < -0.4 is 5.73 Å². The lowest BCUT2D eigenvalue weighted by Gasteiger charge is -2.21. The highest BCUT2D eigenvalue weighted by atomic mass is 19.1. The molecule has 2 nitrogen and oxygen atoms in total. The molecule has 1 aromatic rings. The predicted molar refractivity (Wildman–Crippen MR) is 63.4 cm³/mol. The maximum Gasteiger partial charge on any atom is 0.127 e. The highest BCUT2D eigenvalue weighted by molar-refractivity contribution is 5.17. The van der Waals surface area contributed by atoms with Gasteiger partial charge in [-0.15, -0.1) is 0 Å². The summed E-state index contributed by atoms with van der Waals surface area (Å²) in [7, 11) is 1.99. The zero-order valence-corrected chi connectivity index (χ0v) is 9.70. The molecule has 0 spiro atoms. The molecule has 16 heavy (non-hydrogen) atoms. The Morgan fingerprint density at radius 3 is 2.75 bits per heavy atom. The molecule has 1 aliphatic carbocycles. The van der Waals surface area contributed by atoms with Crippen molar-refractivity contribution in [2.24, 2.45) is 11.7 Å². The molecule has 0 aliphatic heterocycles. The monoisotopic (exact) mass is 222 g/mol. The van der Waals surface area contributed by atoms with E-state index in [0.717, 1.165) is 12.1 Å². The first kappa shape index (κ1) is 11.6. The highest BCUT2D eigenvalue weighted by Gasteiger charge is 2.28. The van der Waals surface area contributed by atoms with Crippen LogP contribution in [0.3, 0.4) is 0 Å². The van der Waals surface area contributed by atoms with Crippen molar-refractivity contribution in [2.75, 3.05) is 13.6 Å². The summed E-state index contributed by atoms with van der Waals surface area (Å²) in [6.07, 6.45) is 2.52. The molecule has 1 unspecified atom stereocenters. The van der Waals surface area contributed by atoms with Crippen LogP contribution >= 0.6 is 0 Å². The predicted octanol–water partition coefficient (Wildman–Crippen LogP) is 1.99. The summed E-state index contributed by atoms with van der Waals surface area (Å²) in [6, 6.07) is 7.16. The van der Waals surface area contributed by atoms with E-state index in [1.807, 2.05) is 19.2 Å². The van der Waals surface area contributed by atoms with Crippen LogP contribution in [0.4, 0.5) is 4.39 Å². The largest absolute Gasteiger partial charge is 0.326 e. The number of hydrogen-bond acceptors (Lipinski definition) is 2. The molecule has 0 amide bonds. The molecular formula is C13H19FN2. The van der Waals surface area contributed by atoms with E-state index in [0.29, 0.717) is 12.5 Å². The second-order valence-electron chi connectivity index (χ2n) is 4.79. The van der Waals surface area contributed by atoms with Gasteiger partial charge in [0, 0.05) is 24.7 Å². The number of hydrogen-bond donors (Lipinski definition) is 1. The molecule has 0 saturated heterocycles. The summed E-state index contributed by atoms with van der Waals surface area (Å²) in [4.78, 5) is 2.10. The van der Waals surface area contributed by atoms with Crippen LogP contribution in [0.1, 0.15) is 18.4 Å². The number of nitrogens with zero attached hydrogens (tertiary/aromatic N) is 1. The third kappa shape index (κ3) is 3.03. The Balaban J connectivity index is 1.86. The van der Waals surface area contributed by atoms with Gasteiger partial charge in [-0.1, -0.05) is 18.2 Å². The van der Waals surface area contributed by atoms with E-state index in [-0.39, 0.29) is 11.9 Å². The number of likely N-dealkylation sites (N-methyl/N-ethyl adjacent to an activating group) is 1. The summed E-state index contributed by atoms with van der Waals surface area (Å²) >= 11 is 0. The standard InChI is InChI=1S/C13H19FN2/c1-16(9-13(15)10-6-7-10)8-11-4-2-3-5-12(11)14/h2-5,10,13H,6-9,15H2,1H3. The summed E-state index contributed by atoms with van der Waals surface area (Å²) in [5, 5.41) is 0. The minimum Gasteiger partial charge on any atom is -0.326 e. The second-order valence-corrected chi connectivity index (χ2v) is 4.79. The molecule has 1 aromatic carbocycles. The summed E-state index contributed by atoms with van der Waals surface area (Å²) in [5.74, 6) is 0.567. The van der Waals surface area contributed by atoms with E-state index in [9.17, 15) is 4.39 Å². The van der Waals surface area contributed by atoms with Gasteiger partial charge in [-0.2, -0.15) is 0 Å². The molecule has 2 N–H and O–H groups in total. The zero-order chi connectivity index (χ0) is 11.5. The smallest absolute Gasteiger partial charge is 0.127 e. The average molecular weight is 222 g/mol. The van der Waals surface area contributed by atoms with Crippen molar-refractivity contribution in [3.63, 3.8) is 0 Å². The fraction of sp³-hybridized carbons (Fsp3) is 0.538.